The van der Waals surface area contributed by atoms with Gasteiger partial charge in [-0.25, -0.2) is 0 Å². The molecule has 4 heteroatoms. The van der Waals surface area contributed by atoms with E-state index in [-0.39, 0.29) is 28.4 Å². The predicted molar refractivity (Wildman–Crippen MR) is 287 cm³/mol. The summed E-state index contributed by atoms with van der Waals surface area (Å²) >= 11 is 0. The number of anilines is 8. The molecule has 66 heavy (non-hydrogen) atoms. The van der Waals surface area contributed by atoms with Crippen molar-refractivity contribution in [2.75, 3.05) is 14.7 Å². The Hall–Kier alpha value is -5.74. The molecule has 0 fully saturated rings. The zero-order valence-corrected chi connectivity index (χ0v) is 42.3. The summed E-state index contributed by atoms with van der Waals surface area (Å²) in [4.78, 5) is 7.79. The van der Waals surface area contributed by atoms with Gasteiger partial charge in [-0.1, -0.05) is 142 Å². The van der Waals surface area contributed by atoms with Gasteiger partial charge in [-0.3, -0.25) is 0 Å². The van der Waals surface area contributed by atoms with Crippen LogP contribution in [0.3, 0.4) is 0 Å². The van der Waals surface area contributed by atoms with E-state index in [2.05, 4.69) is 233 Å². The molecule has 4 aliphatic rings. The summed E-state index contributed by atoms with van der Waals surface area (Å²) in [6.07, 6.45) is 11.5. The second-order valence-corrected chi connectivity index (χ2v) is 23.5. The molecule has 0 saturated heterocycles. The van der Waals surface area contributed by atoms with Gasteiger partial charge < -0.3 is 14.7 Å². The molecule has 0 atom stereocenters. The SMILES string of the molecule is Cc1cc(C(C)(C)C)cc(C)c1N1c2cc(N(C3=CCCC=C3)c3ccccc3)ccc2B2c3cc4c(cc3N(c3c(C)cc(C(C)(C)C)cc3C)c3cccc1c32)C(C)(C)CCC4(C)C. The molecule has 6 aromatic carbocycles. The van der Waals surface area contributed by atoms with Gasteiger partial charge in [0.25, 0.3) is 6.71 Å². The van der Waals surface area contributed by atoms with E-state index < -0.39 is 0 Å². The van der Waals surface area contributed by atoms with Crippen molar-refractivity contribution in [3.63, 3.8) is 0 Å². The van der Waals surface area contributed by atoms with Gasteiger partial charge in [-0.2, -0.15) is 0 Å². The molecule has 0 radical (unpaired) electrons. The summed E-state index contributed by atoms with van der Waals surface area (Å²) in [6.45, 7) is 33.3. The summed E-state index contributed by atoms with van der Waals surface area (Å²) in [5.74, 6) is 0. The van der Waals surface area contributed by atoms with Crippen molar-refractivity contribution in [3.05, 3.63) is 172 Å². The summed E-state index contributed by atoms with van der Waals surface area (Å²) < 4.78 is 0. The molecule has 0 N–H and O–H groups in total. The number of rotatable bonds is 5. The Bertz CT molecular complexity index is 2960. The third kappa shape index (κ3) is 7.08. The quantitative estimate of drug-likeness (QED) is 0.160. The van der Waals surface area contributed by atoms with Gasteiger partial charge in [-0.15, -0.1) is 0 Å². The van der Waals surface area contributed by atoms with E-state index in [1.807, 2.05) is 0 Å². The van der Waals surface area contributed by atoms with Gasteiger partial charge >= 0.3 is 0 Å². The molecule has 0 unspecified atom stereocenters. The van der Waals surface area contributed by atoms with E-state index >= 15 is 0 Å². The number of benzene rings is 6. The highest BCUT2D eigenvalue weighted by Gasteiger charge is 2.47. The summed E-state index contributed by atoms with van der Waals surface area (Å²) in [7, 11) is 0. The normalized spacial score (nSPS) is 16.9. The topological polar surface area (TPSA) is 9.72 Å². The van der Waals surface area contributed by atoms with Crippen LogP contribution in [-0.2, 0) is 21.7 Å². The van der Waals surface area contributed by atoms with Gasteiger partial charge in [0.1, 0.15) is 0 Å². The number of allylic oxidation sites excluding steroid dienone is 3. The first kappa shape index (κ1) is 44.1. The van der Waals surface area contributed by atoms with Crippen LogP contribution in [0.15, 0.2) is 127 Å². The third-order valence-corrected chi connectivity index (χ3v) is 15.6. The maximum atomic E-state index is 2.68. The van der Waals surface area contributed by atoms with Gasteiger partial charge in [0.2, 0.25) is 0 Å². The average molecular weight is 868 g/mol. The van der Waals surface area contributed by atoms with Crippen LogP contribution < -0.4 is 31.1 Å². The van der Waals surface area contributed by atoms with Crippen LogP contribution in [0.4, 0.5) is 45.5 Å². The van der Waals surface area contributed by atoms with Gasteiger partial charge in [0.15, 0.2) is 0 Å². The minimum Gasteiger partial charge on any atom is -0.311 e. The molecule has 10 rings (SSSR count). The number of nitrogens with zero attached hydrogens (tertiary/aromatic N) is 3. The van der Waals surface area contributed by atoms with Gasteiger partial charge in [-0.05, 0) is 184 Å². The van der Waals surface area contributed by atoms with E-state index in [1.54, 1.807) is 0 Å². The second-order valence-electron chi connectivity index (χ2n) is 23.5. The van der Waals surface area contributed by atoms with E-state index in [4.69, 9.17) is 0 Å². The van der Waals surface area contributed by atoms with Gasteiger partial charge in [0.05, 0.1) is 11.4 Å². The second kappa shape index (κ2) is 15.4. The maximum absolute atomic E-state index is 2.68. The standard InChI is InChI=1S/C62H70BN3/c1-39-32-43(59(5,6)7)33-40(2)57(39)65-52-26-21-27-53-56(52)63(50-29-28-47(36-54(50)65)64(45-22-17-15-18-23-45)46-24-19-16-20-25-46)51-37-48-49(62(13,14)31-30-61(48,11)12)38-55(51)66(53)58-41(3)34-44(35-42(58)4)60(8,9)10/h15,17-19,21-29,32-38H,16,20,30-31H2,1-14H3. The zero-order chi connectivity index (χ0) is 46.8. The van der Waals surface area contributed by atoms with Crippen molar-refractivity contribution in [1.82, 2.24) is 0 Å². The van der Waals surface area contributed by atoms with Crippen molar-refractivity contribution >= 4 is 68.6 Å². The van der Waals surface area contributed by atoms with E-state index in [1.165, 1.54) is 125 Å². The first-order valence-electron chi connectivity index (χ1n) is 24.7. The molecule has 2 aliphatic heterocycles. The molecule has 0 spiro atoms. The monoisotopic (exact) mass is 868 g/mol. The molecule has 0 saturated carbocycles. The first-order valence-corrected chi connectivity index (χ1v) is 24.7. The summed E-state index contributed by atoms with van der Waals surface area (Å²) in [6, 6.07) is 40.6. The Kier molecular flexibility index (Phi) is 10.3. The highest BCUT2D eigenvalue weighted by Crippen LogP contribution is 2.52. The smallest absolute Gasteiger partial charge is 0.252 e. The number of aryl methyl sites for hydroxylation is 4. The average Bonchev–Trinajstić information content (AvgIpc) is 3.26. The number of para-hydroxylation sites is 1. The fraction of sp³-hybridized carbons (Fsp3) is 0.355. The van der Waals surface area contributed by atoms with Crippen molar-refractivity contribution in [3.8, 4) is 0 Å². The Morgan fingerprint density at radius 2 is 1.03 bits per heavy atom. The minimum absolute atomic E-state index is 0.0248. The van der Waals surface area contributed by atoms with Crippen molar-refractivity contribution < 1.29 is 0 Å². The molecule has 3 nitrogen and oxygen atoms in total. The molecule has 2 aliphatic carbocycles. The Balaban J connectivity index is 1.32. The molecule has 6 aromatic rings. The Morgan fingerprint density at radius 1 is 0.515 bits per heavy atom. The highest BCUT2D eigenvalue weighted by molar-refractivity contribution is 7.00. The maximum Gasteiger partial charge on any atom is 0.252 e. The summed E-state index contributed by atoms with van der Waals surface area (Å²) in [5.41, 5.74) is 26.5. The fourth-order valence-corrected chi connectivity index (χ4v) is 11.9. The van der Waals surface area contributed by atoms with Crippen LogP contribution in [0.1, 0.15) is 139 Å². The lowest BCUT2D eigenvalue weighted by Crippen LogP contribution is -2.62. The third-order valence-electron chi connectivity index (χ3n) is 15.6. The van der Waals surface area contributed by atoms with Crippen LogP contribution in [-0.4, -0.2) is 6.71 Å². The first-order chi connectivity index (χ1) is 31.2. The molecule has 336 valence electrons. The number of hydrogen-bond donors (Lipinski definition) is 0. The predicted octanol–water partition coefficient (Wildman–Crippen LogP) is 15.3. The van der Waals surface area contributed by atoms with Crippen LogP contribution in [0.25, 0.3) is 0 Å². The highest BCUT2D eigenvalue weighted by atomic mass is 15.2. The van der Waals surface area contributed by atoms with Crippen LogP contribution in [0, 0.1) is 27.7 Å². The lowest BCUT2D eigenvalue weighted by atomic mass is 9.33. The van der Waals surface area contributed by atoms with E-state index in [0.717, 1.165) is 12.8 Å². The van der Waals surface area contributed by atoms with Crippen molar-refractivity contribution in [2.24, 2.45) is 0 Å². The fourth-order valence-electron chi connectivity index (χ4n) is 11.9. The minimum atomic E-state index is 0.0248. The largest absolute Gasteiger partial charge is 0.311 e. The number of hydrogen-bond acceptors (Lipinski definition) is 3. The van der Waals surface area contributed by atoms with Crippen LogP contribution in [0.2, 0.25) is 0 Å². The Labute approximate surface area is 397 Å². The molecule has 0 amide bonds. The van der Waals surface area contributed by atoms with E-state index in [0.29, 0.717) is 0 Å². The van der Waals surface area contributed by atoms with E-state index in [9.17, 15) is 0 Å². The molecule has 2 heterocycles. The van der Waals surface area contributed by atoms with Crippen molar-refractivity contribution in [2.45, 2.75) is 144 Å². The van der Waals surface area contributed by atoms with Gasteiger partial charge in [0, 0.05) is 39.8 Å². The molecule has 0 bridgehead atoms. The van der Waals surface area contributed by atoms with Crippen LogP contribution >= 0.6 is 0 Å². The lowest BCUT2D eigenvalue weighted by molar-refractivity contribution is 0.332. The lowest BCUT2D eigenvalue weighted by Gasteiger charge is -2.48. The Morgan fingerprint density at radius 3 is 1.53 bits per heavy atom. The molecular weight excluding hydrogens is 798 g/mol. The molecule has 0 aromatic heterocycles. The number of fused-ring (bicyclic) bond motifs is 5. The summed E-state index contributed by atoms with van der Waals surface area (Å²) in [5, 5.41) is 0. The molecular formula is C62H70BN3. The zero-order valence-electron chi connectivity index (χ0n) is 42.3. The van der Waals surface area contributed by atoms with Crippen LogP contribution in [0.5, 0.6) is 0 Å². The van der Waals surface area contributed by atoms with Crippen molar-refractivity contribution in [1.29, 1.82) is 0 Å².